The molecule has 0 unspecified atom stereocenters. The van der Waals surface area contributed by atoms with E-state index in [1.807, 2.05) is 36.5 Å². The predicted molar refractivity (Wildman–Crippen MR) is 129 cm³/mol. The standard InChI is InChI=1S/C27H24FN3O4/c1-18(32)20-10-13-24(25(14-20)34-2)35-17-26(33)29-15-21-16-31(23-6-4-3-5-7-23)30-27(21)19-8-11-22(28)12-9-19/h3-14,16H,15,17H2,1-2H3,(H,29,33). The first-order valence-corrected chi connectivity index (χ1v) is 10.9. The SMILES string of the molecule is COc1cc(C(C)=O)ccc1OCC(=O)NCc1cn(-c2ccccc2)nc1-c1ccc(F)cc1. The van der Waals surface area contributed by atoms with E-state index in [4.69, 9.17) is 9.47 Å². The second-order valence-electron chi connectivity index (χ2n) is 7.78. The molecule has 1 amide bonds. The second kappa shape index (κ2) is 10.6. The number of ether oxygens (including phenoxy) is 2. The van der Waals surface area contributed by atoms with Crippen LogP contribution in [0.2, 0.25) is 0 Å². The molecule has 0 aliphatic heterocycles. The summed E-state index contributed by atoms with van der Waals surface area (Å²) in [6.45, 7) is 1.42. The molecule has 7 nitrogen and oxygen atoms in total. The molecule has 0 spiro atoms. The minimum absolute atomic E-state index is 0.0967. The van der Waals surface area contributed by atoms with Crippen molar-refractivity contribution in [3.63, 3.8) is 0 Å². The fourth-order valence-corrected chi connectivity index (χ4v) is 3.50. The first-order valence-electron chi connectivity index (χ1n) is 10.9. The molecule has 35 heavy (non-hydrogen) atoms. The summed E-state index contributed by atoms with van der Waals surface area (Å²) in [4.78, 5) is 24.1. The Balaban J connectivity index is 1.48. The minimum Gasteiger partial charge on any atom is -0.493 e. The molecule has 0 fully saturated rings. The van der Waals surface area contributed by atoms with Crippen molar-refractivity contribution < 1.29 is 23.5 Å². The third-order valence-electron chi connectivity index (χ3n) is 5.33. The van der Waals surface area contributed by atoms with Gasteiger partial charge in [-0.2, -0.15) is 5.10 Å². The second-order valence-corrected chi connectivity index (χ2v) is 7.78. The number of amides is 1. The monoisotopic (exact) mass is 473 g/mol. The highest BCUT2D eigenvalue weighted by molar-refractivity contribution is 5.94. The van der Waals surface area contributed by atoms with E-state index in [0.29, 0.717) is 22.8 Å². The summed E-state index contributed by atoms with van der Waals surface area (Å²) in [5.74, 6) is -0.0550. The highest BCUT2D eigenvalue weighted by Gasteiger charge is 2.15. The zero-order valence-corrected chi connectivity index (χ0v) is 19.3. The van der Waals surface area contributed by atoms with Gasteiger partial charge in [-0.05, 0) is 61.5 Å². The summed E-state index contributed by atoms with van der Waals surface area (Å²) in [5.41, 5.74) is 3.48. The van der Waals surface area contributed by atoms with Crippen molar-refractivity contribution in [1.82, 2.24) is 15.1 Å². The molecule has 178 valence electrons. The fourth-order valence-electron chi connectivity index (χ4n) is 3.50. The van der Waals surface area contributed by atoms with E-state index in [1.165, 1.54) is 26.2 Å². The van der Waals surface area contributed by atoms with Crippen LogP contribution in [0.15, 0.2) is 79.0 Å². The maximum Gasteiger partial charge on any atom is 0.258 e. The number of nitrogens with zero attached hydrogens (tertiary/aromatic N) is 2. The van der Waals surface area contributed by atoms with E-state index >= 15 is 0 Å². The van der Waals surface area contributed by atoms with E-state index in [0.717, 1.165) is 16.8 Å². The summed E-state index contributed by atoms with van der Waals surface area (Å²) in [6, 6.07) is 20.4. The summed E-state index contributed by atoms with van der Waals surface area (Å²) < 4.78 is 26.0. The molecule has 8 heteroatoms. The number of carbonyl (C=O) groups excluding carboxylic acids is 2. The Labute approximate surface area is 202 Å². The van der Waals surface area contributed by atoms with Gasteiger partial charge in [0, 0.05) is 29.4 Å². The van der Waals surface area contributed by atoms with E-state index in [2.05, 4.69) is 10.4 Å². The lowest BCUT2D eigenvalue weighted by molar-refractivity contribution is -0.123. The van der Waals surface area contributed by atoms with Crippen LogP contribution in [0.1, 0.15) is 22.8 Å². The highest BCUT2D eigenvalue weighted by atomic mass is 19.1. The van der Waals surface area contributed by atoms with Crippen molar-refractivity contribution in [1.29, 1.82) is 0 Å². The lowest BCUT2D eigenvalue weighted by Crippen LogP contribution is -2.28. The molecule has 4 rings (SSSR count). The third-order valence-corrected chi connectivity index (χ3v) is 5.33. The predicted octanol–water partition coefficient (Wildman–Crippen LogP) is 4.58. The van der Waals surface area contributed by atoms with Crippen LogP contribution in [0.3, 0.4) is 0 Å². The summed E-state index contributed by atoms with van der Waals surface area (Å²) in [6.07, 6.45) is 1.83. The normalized spacial score (nSPS) is 10.6. The zero-order valence-electron chi connectivity index (χ0n) is 19.3. The first kappa shape index (κ1) is 23.7. The number of rotatable bonds is 9. The number of ketones is 1. The van der Waals surface area contributed by atoms with Gasteiger partial charge in [-0.25, -0.2) is 9.07 Å². The molecule has 4 aromatic rings. The lowest BCUT2D eigenvalue weighted by Gasteiger charge is -2.12. The van der Waals surface area contributed by atoms with Crippen molar-refractivity contribution in [2.24, 2.45) is 0 Å². The number of halogens is 1. The Kier molecular flexibility index (Phi) is 7.21. The molecule has 1 aromatic heterocycles. The van der Waals surface area contributed by atoms with E-state index in [1.54, 1.807) is 35.0 Å². The van der Waals surface area contributed by atoms with E-state index in [-0.39, 0.29) is 30.7 Å². The van der Waals surface area contributed by atoms with Crippen LogP contribution in [0.25, 0.3) is 16.9 Å². The molecule has 0 bridgehead atoms. The molecule has 1 heterocycles. The van der Waals surface area contributed by atoms with Gasteiger partial charge in [0.2, 0.25) is 0 Å². The number of para-hydroxylation sites is 1. The lowest BCUT2D eigenvalue weighted by atomic mass is 10.1. The summed E-state index contributed by atoms with van der Waals surface area (Å²) >= 11 is 0. The number of aromatic nitrogens is 2. The van der Waals surface area contributed by atoms with Crippen molar-refractivity contribution in [3.05, 3.63) is 95.9 Å². The van der Waals surface area contributed by atoms with Crippen molar-refractivity contribution in [2.45, 2.75) is 13.5 Å². The quantitative estimate of drug-likeness (QED) is 0.360. The van der Waals surface area contributed by atoms with E-state index in [9.17, 15) is 14.0 Å². The van der Waals surface area contributed by atoms with E-state index < -0.39 is 0 Å². The molecule has 0 saturated carbocycles. The Morgan fingerprint density at radius 2 is 1.74 bits per heavy atom. The van der Waals surface area contributed by atoms with Crippen LogP contribution < -0.4 is 14.8 Å². The first-order chi connectivity index (χ1) is 16.9. The van der Waals surface area contributed by atoms with Gasteiger partial charge in [0.1, 0.15) is 5.82 Å². The van der Waals surface area contributed by atoms with Crippen LogP contribution >= 0.6 is 0 Å². The molecule has 0 saturated heterocycles. The van der Waals surface area contributed by atoms with Gasteiger partial charge in [-0.15, -0.1) is 0 Å². The molecular formula is C27H24FN3O4. The molecule has 0 aliphatic carbocycles. The largest absolute Gasteiger partial charge is 0.493 e. The summed E-state index contributed by atoms with van der Waals surface area (Å²) in [5, 5.41) is 7.50. The van der Waals surface area contributed by atoms with Crippen molar-refractivity contribution >= 4 is 11.7 Å². The number of hydrogen-bond acceptors (Lipinski definition) is 5. The molecular weight excluding hydrogens is 449 g/mol. The van der Waals surface area contributed by atoms with Gasteiger partial charge in [0.15, 0.2) is 23.9 Å². The van der Waals surface area contributed by atoms with Gasteiger partial charge in [-0.3, -0.25) is 9.59 Å². The van der Waals surface area contributed by atoms with Gasteiger partial charge in [0.25, 0.3) is 5.91 Å². The van der Waals surface area contributed by atoms with Crippen LogP contribution in [0, 0.1) is 5.82 Å². The van der Waals surface area contributed by atoms with Crippen LogP contribution in [-0.2, 0) is 11.3 Å². The minimum atomic E-state index is -0.347. The van der Waals surface area contributed by atoms with Crippen molar-refractivity contribution in [3.8, 4) is 28.4 Å². The van der Waals surface area contributed by atoms with Gasteiger partial charge >= 0.3 is 0 Å². The topological polar surface area (TPSA) is 82.5 Å². The van der Waals surface area contributed by atoms with Crippen molar-refractivity contribution in [2.75, 3.05) is 13.7 Å². The average Bonchev–Trinajstić information content (AvgIpc) is 3.31. The summed E-state index contributed by atoms with van der Waals surface area (Å²) in [7, 11) is 1.47. The number of hydrogen-bond donors (Lipinski definition) is 1. The highest BCUT2D eigenvalue weighted by Crippen LogP contribution is 2.28. The number of nitrogens with one attached hydrogen (secondary N) is 1. The van der Waals surface area contributed by atoms with Gasteiger partial charge < -0.3 is 14.8 Å². The number of benzene rings is 3. The number of Topliss-reactive ketones (excluding diaryl/α,β-unsaturated/α-hetero) is 1. The number of methoxy groups -OCH3 is 1. The molecule has 0 aliphatic rings. The van der Waals surface area contributed by atoms with Gasteiger partial charge in [-0.1, -0.05) is 18.2 Å². The Bertz CT molecular complexity index is 1330. The van der Waals surface area contributed by atoms with Crippen LogP contribution in [-0.4, -0.2) is 35.2 Å². The fraction of sp³-hybridized carbons (Fsp3) is 0.148. The smallest absolute Gasteiger partial charge is 0.258 e. The maximum atomic E-state index is 13.4. The third kappa shape index (κ3) is 5.73. The Morgan fingerprint density at radius 1 is 1.00 bits per heavy atom. The number of carbonyl (C=O) groups is 2. The maximum absolute atomic E-state index is 13.4. The zero-order chi connectivity index (χ0) is 24.8. The molecule has 1 N–H and O–H groups in total. The molecule has 0 atom stereocenters. The Hall–Kier alpha value is -4.46. The molecule has 3 aromatic carbocycles. The average molecular weight is 474 g/mol. The Morgan fingerprint density at radius 3 is 2.43 bits per heavy atom. The van der Waals surface area contributed by atoms with Crippen LogP contribution in [0.5, 0.6) is 11.5 Å². The molecule has 0 radical (unpaired) electrons. The van der Waals surface area contributed by atoms with Gasteiger partial charge in [0.05, 0.1) is 18.5 Å². The van der Waals surface area contributed by atoms with Crippen LogP contribution in [0.4, 0.5) is 4.39 Å².